The van der Waals surface area contributed by atoms with Gasteiger partial charge in [0.05, 0.1) is 37.8 Å². The Balaban J connectivity index is 4.10. The molecule has 0 aliphatic rings. The maximum atomic E-state index is 13.0. The van der Waals surface area contributed by atoms with E-state index in [0.29, 0.717) is 0 Å². The maximum Gasteiger partial charge on any atom is 0.337 e. The Hall–Kier alpha value is -2.58. The van der Waals surface area contributed by atoms with Crippen LogP contribution in [0.2, 0.25) is 0 Å². The largest absolute Gasteiger partial charge is 0.337 e. The van der Waals surface area contributed by atoms with Crippen LogP contribution >= 0.6 is 0 Å². The summed E-state index contributed by atoms with van der Waals surface area (Å²) in [5, 5.41) is 26.0. The first-order valence-electron chi connectivity index (χ1n) is 7.18. The summed E-state index contributed by atoms with van der Waals surface area (Å²) in [6, 6.07) is 9.88. The summed E-state index contributed by atoms with van der Waals surface area (Å²) in [6.07, 6.45) is 0. The van der Waals surface area contributed by atoms with Gasteiger partial charge < -0.3 is 0 Å². The van der Waals surface area contributed by atoms with Crippen molar-refractivity contribution >= 4 is 30.1 Å². The summed E-state index contributed by atoms with van der Waals surface area (Å²) in [7, 11) is -16.1. The highest BCUT2D eigenvalue weighted by molar-refractivity contribution is 8.23. The highest BCUT2D eigenvalue weighted by atomic mass is 32.3. The Morgan fingerprint density at radius 1 is 0.679 bits per heavy atom. The fourth-order valence-electron chi connectivity index (χ4n) is 2.21. The molecule has 150 valence electrons. The van der Waals surface area contributed by atoms with Crippen LogP contribution in [0.4, 0.5) is 0 Å². The van der Waals surface area contributed by atoms with Gasteiger partial charge in [0.2, 0.25) is 0 Å². The fraction of sp³-hybridized carbons (Fsp3) is 0.308. The molecule has 1 rings (SSSR count). The molecule has 0 fully saturated rings. The lowest BCUT2D eigenvalue weighted by Gasteiger charge is -2.32. The SMILES string of the molecule is N#CCNS(=O)(=O)C(c1ccccc1)(S(=O)(=O)NCC#N)S(=O)(=O)NCC#N. The first-order chi connectivity index (χ1) is 13.0. The molecular formula is C13H14N6O6S3. The molecule has 0 aliphatic carbocycles. The summed E-state index contributed by atoms with van der Waals surface area (Å²) < 4.78 is 78.9. The third kappa shape index (κ3) is 4.13. The highest BCUT2D eigenvalue weighted by Crippen LogP contribution is 2.40. The van der Waals surface area contributed by atoms with Crippen molar-refractivity contribution in [3.63, 3.8) is 0 Å². The first-order valence-corrected chi connectivity index (χ1v) is 11.6. The van der Waals surface area contributed by atoms with Crippen LogP contribution in [0.1, 0.15) is 5.56 Å². The Morgan fingerprint density at radius 3 is 1.29 bits per heavy atom. The van der Waals surface area contributed by atoms with Crippen LogP contribution < -0.4 is 14.2 Å². The van der Waals surface area contributed by atoms with Crippen molar-refractivity contribution in [3.8, 4) is 18.2 Å². The predicted octanol–water partition coefficient (Wildman–Crippen LogP) is -1.87. The van der Waals surface area contributed by atoms with Crippen molar-refractivity contribution in [1.29, 1.82) is 15.8 Å². The van der Waals surface area contributed by atoms with Gasteiger partial charge in [-0.25, -0.2) is 25.3 Å². The fourth-order valence-corrected chi connectivity index (χ4v) is 9.41. The van der Waals surface area contributed by atoms with Crippen molar-refractivity contribution in [2.75, 3.05) is 19.6 Å². The number of hydrogen-bond acceptors (Lipinski definition) is 9. The second-order valence-electron chi connectivity index (χ2n) is 4.87. The monoisotopic (exact) mass is 446 g/mol. The van der Waals surface area contributed by atoms with Gasteiger partial charge in [0.15, 0.2) is 0 Å². The second kappa shape index (κ2) is 9.07. The number of rotatable bonds is 10. The van der Waals surface area contributed by atoms with Crippen LogP contribution in [0, 0.1) is 34.0 Å². The van der Waals surface area contributed by atoms with E-state index in [1.54, 1.807) is 14.2 Å². The van der Waals surface area contributed by atoms with Gasteiger partial charge in [-0.2, -0.15) is 30.0 Å². The van der Waals surface area contributed by atoms with Gasteiger partial charge in [0, 0.05) is 5.56 Å². The molecule has 0 bridgehead atoms. The zero-order chi connectivity index (χ0) is 21.5. The van der Waals surface area contributed by atoms with Gasteiger partial charge in [-0.1, -0.05) is 30.3 Å². The van der Waals surface area contributed by atoms with E-state index in [1.807, 2.05) is 0 Å². The maximum absolute atomic E-state index is 13.0. The average molecular weight is 446 g/mol. The number of nitrogens with one attached hydrogen (secondary N) is 3. The molecule has 0 radical (unpaired) electrons. The van der Waals surface area contributed by atoms with Crippen molar-refractivity contribution < 1.29 is 25.3 Å². The van der Waals surface area contributed by atoms with Gasteiger partial charge >= 0.3 is 3.41 Å². The number of nitriles is 3. The quantitative estimate of drug-likeness (QED) is 0.343. The normalized spacial score (nSPS) is 12.5. The predicted molar refractivity (Wildman–Crippen MR) is 95.7 cm³/mol. The number of hydrogen-bond donors (Lipinski definition) is 3. The van der Waals surface area contributed by atoms with Gasteiger partial charge in [0.25, 0.3) is 30.1 Å². The summed E-state index contributed by atoms with van der Waals surface area (Å²) >= 11 is 0. The van der Waals surface area contributed by atoms with Gasteiger partial charge in [-0.05, 0) is 0 Å². The number of benzene rings is 1. The lowest BCUT2D eigenvalue weighted by Crippen LogP contribution is -2.61. The molecule has 0 aromatic heterocycles. The van der Waals surface area contributed by atoms with Gasteiger partial charge in [-0.15, -0.1) is 0 Å². The minimum atomic E-state index is -5.37. The van der Waals surface area contributed by atoms with Crippen LogP contribution in [-0.4, -0.2) is 44.9 Å². The smallest absolute Gasteiger partial charge is 0.209 e. The topological polar surface area (TPSA) is 210 Å². The zero-order valence-electron chi connectivity index (χ0n) is 14.0. The molecule has 0 unspecified atom stereocenters. The van der Waals surface area contributed by atoms with E-state index in [1.165, 1.54) is 36.4 Å². The molecule has 0 aliphatic heterocycles. The Morgan fingerprint density at radius 2 is 1.00 bits per heavy atom. The molecule has 0 amide bonds. The number of sulfonamides is 3. The van der Waals surface area contributed by atoms with Crippen LogP contribution in [0.5, 0.6) is 0 Å². The van der Waals surface area contributed by atoms with Crippen molar-refractivity contribution in [2.45, 2.75) is 3.41 Å². The minimum Gasteiger partial charge on any atom is -0.209 e. The molecule has 1 aromatic rings. The molecule has 0 spiro atoms. The minimum absolute atomic E-state index is 0.712. The third-order valence-electron chi connectivity index (χ3n) is 3.21. The molecule has 3 N–H and O–H groups in total. The Kier molecular flexibility index (Phi) is 7.60. The number of nitrogens with zero attached hydrogens (tertiary/aromatic N) is 3. The molecule has 0 saturated heterocycles. The molecule has 15 heteroatoms. The average Bonchev–Trinajstić information content (AvgIpc) is 2.64. The highest BCUT2D eigenvalue weighted by Gasteiger charge is 2.66. The molecule has 28 heavy (non-hydrogen) atoms. The lowest BCUT2D eigenvalue weighted by atomic mass is 10.2. The summed E-state index contributed by atoms with van der Waals surface area (Å²) in [5.41, 5.74) is -0.712. The van der Waals surface area contributed by atoms with Gasteiger partial charge in [-0.3, -0.25) is 0 Å². The second-order valence-corrected chi connectivity index (χ2v) is 11.4. The van der Waals surface area contributed by atoms with E-state index in [9.17, 15) is 25.3 Å². The van der Waals surface area contributed by atoms with E-state index in [2.05, 4.69) is 0 Å². The van der Waals surface area contributed by atoms with E-state index in [0.717, 1.165) is 12.1 Å². The summed E-state index contributed by atoms with van der Waals surface area (Å²) in [6.45, 7) is -2.80. The van der Waals surface area contributed by atoms with E-state index in [-0.39, 0.29) is 0 Å². The molecule has 0 atom stereocenters. The Labute approximate surface area is 162 Å². The third-order valence-corrected chi connectivity index (χ3v) is 11.6. The van der Waals surface area contributed by atoms with E-state index < -0.39 is 58.7 Å². The Bertz CT molecular complexity index is 1020. The standard InChI is InChI=1S/C13H14N6O6S3/c14-6-9-17-26(20,21)13(12-4-2-1-3-5-12,27(22,23)18-10-7-15)28(24,25)19-11-8-16/h1-5,17-19H,9-11H2. The molecule has 1 aromatic carbocycles. The lowest BCUT2D eigenvalue weighted by molar-refractivity contribution is 0.538. The van der Waals surface area contributed by atoms with Gasteiger partial charge in [0.1, 0.15) is 0 Å². The van der Waals surface area contributed by atoms with Crippen LogP contribution in [0.3, 0.4) is 0 Å². The first kappa shape index (κ1) is 23.5. The van der Waals surface area contributed by atoms with E-state index in [4.69, 9.17) is 15.8 Å². The van der Waals surface area contributed by atoms with Crippen LogP contribution in [0.25, 0.3) is 0 Å². The summed E-state index contributed by atoms with van der Waals surface area (Å²) in [4.78, 5) is 0. The molecule has 12 nitrogen and oxygen atoms in total. The van der Waals surface area contributed by atoms with Crippen LogP contribution in [0.15, 0.2) is 30.3 Å². The van der Waals surface area contributed by atoms with Crippen molar-refractivity contribution in [1.82, 2.24) is 14.2 Å². The zero-order valence-corrected chi connectivity index (χ0v) is 16.5. The molecule has 0 saturated carbocycles. The van der Waals surface area contributed by atoms with Crippen LogP contribution in [-0.2, 0) is 33.5 Å². The van der Waals surface area contributed by atoms with Crippen molar-refractivity contribution in [2.24, 2.45) is 0 Å². The molecule has 0 heterocycles. The van der Waals surface area contributed by atoms with Crippen molar-refractivity contribution in [3.05, 3.63) is 35.9 Å². The molecular weight excluding hydrogens is 432 g/mol. The van der Waals surface area contributed by atoms with E-state index >= 15 is 0 Å². The summed E-state index contributed by atoms with van der Waals surface area (Å²) in [5.74, 6) is 0.